The van der Waals surface area contributed by atoms with Crippen LogP contribution in [-0.4, -0.2) is 62.5 Å². The van der Waals surface area contributed by atoms with Crippen molar-refractivity contribution < 1.29 is 4.79 Å². The maximum atomic E-state index is 11.3. The molecule has 1 amide bonds. The standard InChI is InChI=1S/C23H29ClN4O.CH4/c1-16(29)25-18-6-4-17(5-7-18)21-14-27(3)15-22-20(21)12-19(13-23(22)24)28-10-8-26(2)9-11-28;/h4-7,12-13,21H,8-11,14-15H2,1-3H3,(H,25,29);1H4. The lowest BCUT2D eigenvalue weighted by molar-refractivity contribution is -0.114. The minimum Gasteiger partial charge on any atom is -0.369 e. The molecule has 4 rings (SSSR count). The highest BCUT2D eigenvalue weighted by atomic mass is 35.5. The summed E-state index contributed by atoms with van der Waals surface area (Å²) in [6.45, 7) is 7.56. The van der Waals surface area contributed by atoms with Crippen LogP contribution in [0.15, 0.2) is 36.4 Å². The van der Waals surface area contributed by atoms with Crippen LogP contribution >= 0.6 is 11.6 Å². The Hall–Kier alpha value is -2.08. The highest BCUT2D eigenvalue weighted by molar-refractivity contribution is 6.31. The van der Waals surface area contributed by atoms with Gasteiger partial charge in [0, 0.05) is 68.5 Å². The van der Waals surface area contributed by atoms with Gasteiger partial charge in [-0.15, -0.1) is 0 Å². The second-order valence-corrected chi connectivity index (χ2v) is 8.75. The summed E-state index contributed by atoms with van der Waals surface area (Å²) in [5.74, 6) is 0.212. The van der Waals surface area contributed by atoms with Gasteiger partial charge in [-0.25, -0.2) is 0 Å². The van der Waals surface area contributed by atoms with Crippen molar-refractivity contribution in [1.82, 2.24) is 9.80 Å². The summed E-state index contributed by atoms with van der Waals surface area (Å²) in [7, 11) is 4.32. The lowest BCUT2D eigenvalue weighted by Crippen LogP contribution is -2.44. The molecule has 0 aromatic heterocycles. The fraction of sp³-hybridized carbons (Fsp3) is 0.458. The van der Waals surface area contributed by atoms with E-state index in [4.69, 9.17) is 11.6 Å². The molecule has 2 aliphatic rings. The number of nitrogens with one attached hydrogen (secondary N) is 1. The maximum absolute atomic E-state index is 11.3. The van der Waals surface area contributed by atoms with Gasteiger partial charge in [-0.2, -0.15) is 0 Å². The lowest BCUT2D eigenvalue weighted by Gasteiger charge is -2.37. The molecule has 0 radical (unpaired) electrons. The lowest BCUT2D eigenvalue weighted by atomic mass is 9.84. The van der Waals surface area contributed by atoms with Crippen molar-refractivity contribution in [2.24, 2.45) is 0 Å². The van der Waals surface area contributed by atoms with Crippen molar-refractivity contribution in [3.8, 4) is 0 Å². The first-order chi connectivity index (χ1) is 13.9. The molecule has 2 aromatic carbocycles. The Labute approximate surface area is 185 Å². The van der Waals surface area contributed by atoms with Crippen LogP contribution in [0.4, 0.5) is 11.4 Å². The molecule has 0 spiro atoms. The highest BCUT2D eigenvalue weighted by Gasteiger charge is 2.28. The third-order valence-corrected chi connectivity index (χ3v) is 6.35. The molecular formula is C24H33ClN4O. The van der Waals surface area contributed by atoms with Crippen LogP contribution in [0.5, 0.6) is 0 Å². The van der Waals surface area contributed by atoms with Crippen LogP contribution in [-0.2, 0) is 11.3 Å². The van der Waals surface area contributed by atoms with E-state index in [1.807, 2.05) is 12.1 Å². The largest absolute Gasteiger partial charge is 0.369 e. The van der Waals surface area contributed by atoms with Crippen molar-refractivity contribution in [2.75, 3.05) is 57.0 Å². The monoisotopic (exact) mass is 428 g/mol. The molecule has 5 nitrogen and oxygen atoms in total. The van der Waals surface area contributed by atoms with Crippen molar-refractivity contribution >= 4 is 28.9 Å². The van der Waals surface area contributed by atoms with Gasteiger partial charge < -0.3 is 20.0 Å². The molecule has 30 heavy (non-hydrogen) atoms. The second-order valence-electron chi connectivity index (χ2n) is 8.34. The highest BCUT2D eigenvalue weighted by Crippen LogP contribution is 2.39. The number of hydrogen-bond acceptors (Lipinski definition) is 4. The number of halogens is 1. The molecule has 1 fully saturated rings. The van der Waals surface area contributed by atoms with Crippen LogP contribution in [0.25, 0.3) is 0 Å². The van der Waals surface area contributed by atoms with E-state index in [-0.39, 0.29) is 19.3 Å². The van der Waals surface area contributed by atoms with Crippen LogP contribution < -0.4 is 10.2 Å². The Morgan fingerprint density at radius 3 is 2.33 bits per heavy atom. The number of benzene rings is 2. The summed E-state index contributed by atoms with van der Waals surface area (Å²) in [4.78, 5) is 18.5. The van der Waals surface area contributed by atoms with E-state index in [0.29, 0.717) is 0 Å². The average Bonchev–Trinajstić information content (AvgIpc) is 2.69. The van der Waals surface area contributed by atoms with Crippen molar-refractivity contribution in [3.05, 3.63) is 58.1 Å². The molecule has 0 saturated carbocycles. The number of fused-ring (bicyclic) bond motifs is 1. The Morgan fingerprint density at radius 2 is 1.70 bits per heavy atom. The van der Waals surface area contributed by atoms with Gasteiger partial charge in [0.25, 0.3) is 0 Å². The first-order valence-electron chi connectivity index (χ1n) is 10.2. The van der Waals surface area contributed by atoms with Gasteiger partial charge in [-0.1, -0.05) is 31.2 Å². The molecule has 2 aromatic rings. The zero-order chi connectivity index (χ0) is 20.5. The van der Waals surface area contributed by atoms with Gasteiger partial charge in [0.15, 0.2) is 0 Å². The SMILES string of the molecule is C.CC(=O)Nc1ccc(C2CN(C)Cc3c(Cl)cc(N4CCN(C)CC4)cc32)cc1. The fourth-order valence-electron chi connectivity index (χ4n) is 4.40. The van der Waals surface area contributed by atoms with Crippen LogP contribution in [0.3, 0.4) is 0 Å². The molecule has 162 valence electrons. The average molecular weight is 429 g/mol. The number of hydrogen-bond donors (Lipinski definition) is 1. The molecule has 2 heterocycles. The van der Waals surface area contributed by atoms with Crippen LogP contribution in [0, 0.1) is 0 Å². The Kier molecular flexibility index (Phi) is 7.06. The van der Waals surface area contributed by atoms with E-state index in [9.17, 15) is 4.79 Å². The number of carbonyl (C=O) groups excluding carboxylic acids is 1. The normalized spacial score (nSPS) is 19.7. The summed E-state index contributed by atoms with van der Waals surface area (Å²) in [5, 5.41) is 3.71. The number of carbonyl (C=O) groups is 1. The van der Waals surface area contributed by atoms with Crippen LogP contribution in [0.1, 0.15) is 37.0 Å². The zero-order valence-electron chi connectivity index (χ0n) is 17.4. The summed E-state index contributed by atoms with van der Waals surface area (Å²) >= 11 is 6.78. The zero-order valence-corrected chi connectivity index (χ0v) is 18.2. The molecule has 1 atom stereocenters. The molecule has 1 unspecified atom stereocenters. The first-order valence-corrected chi connectivity index (χ1v) is 10.6. The molecule has 0 bridgehead atoms. The molecule has 1 saturated heterocycles. The molecule has 1 N–H and O–H groups in total. The van der Waals surface area contributed by atoms with Gasteiger partial charge in [-0.05, 0) is 55.1 Å². The van der Waals surface area contributed by atoms with Gasteiger partial charge >= 0.3 is 0 Å². The minimum absolute atomic E-state index is 0. The Morgan fingerprint density at radius 1 is 1.03 bits per heavy atom. The summed E-state index contributed by atoms with van der Waals surface area (Å²) in [5.41, 5.74) is 5.87. The van der Waals surface area contributed by atoms with Gasteiger partial charge in [0.2, 0.25) is 5.91 Å². The minimum atomic E-state index is -0.0518. The van der Waals surface area contributed by atoms with E-state index in [1.165, 1.54) is 29.3 Å². The number of rotatable bonds is 3. The number of piperazine rings is 1. The third kappa shape index (κ3) is 4.80. The summed E-state index contributed by atoms with van der Waals surface area (Å²) < 4.78 is 0. The summed E-state index contributed by atoms with van der Waals surface area (Å²) in [6, 6.07) is 12.7. The van der Waals surface area contributed by atoms with Crippen LogP contribution in [0.2, 0.25) is 5.02 Å². The Bertz CT molecular complexity index is 891. The molecule has 0 aliphatic carbocycles. The van der Waals surface area contributed by atoms with Gasteiger partial charge in [0.1, 0.15) is 0 Å². The molecule has 6 heteroatoms. The third-order valence-electron chi connectivity index (χ3n) is 6.01. The van der Waals surface area contributed by atoms with E-state index < -0.39 is 0 Å². The van der Waals surface area contributed by atoms with Crippen molar-refractivity contribution in [2.45, 2.75) is 26.8 Å². The topological polar surface area (TPSA) is 38.8 Å². The maximum Gasteiger partial charge on any atom is 0.221 e. The molecular weight excluding hydrogens is 396 g/mol. The van der Waals surface area contributed by atoms with Crippen molar-refractivity contribution in [3.63, 3.8) is 0 Å². The quantitative estimate of drug-likeness (QED) is 0.792. The number of likely N-dealkylation sites (N-methyl/N-ethyl adjacent to an activating group) is 2. The first kappa shape index (κ1) is 22.6. The second kappa shape index (κ2) is 9.38. The smallest absolute Gasteiger partial charge is 0.221 e. The predicted molar refractivity (Wildman–Crippen MR) is 127 cm³/mol. The number of nitrogens with zero attached hydrogens (tertiary/aromatic N) is 3. The fourth-order valence-corrected chi connectivity index (χ4v) is 4.68. The molecule has 2 aliphatic heterocycles. The van der Waals surface area contributed by atoms with E-state index in [2.05, 4.69) is 58.4 Å². The van der Waals surface area contributed by atoms with Gasteiger partial charge in [0.05, 0.1) is 0 Å². The van der Waals surface area contributed by atoms with E-state index in [1.54, 1.807) is 0 Å². The number of anilines is 2. The van der Waals surface area contributed by atoms with E-state index in [0.717, 1.165) is 50.0 Å². The summed E-state index contributed by atoms with van der Waals surface area (Å²) in [6.07, 6.45) is 0. The van der Waals surface area contributed by atoms with E-state index >= 15 is 0 Å². The predicted octanol–water partition coefficient (Wildman–Crippen LogP) is 4.26. The number of amides is 1. The van der Waals surface area contributed by atoms with Crippen molar-refractivity contribution in [1.29, 1.82) is 0 Å². The Balaban J connectivity index is 0.00000256. The van der Waals surface area contributed by atoms with Gasteiger partial charge in [-0.3, -0.25) is 4.79 Å².